The lowest BCUT2D eigenvalue weighted by Gasteiger charge is -2.21. The van der Waals surface area contributed by atoms with Crippen LogP contribution in [-0.2, 0) is 29.5 Å². The quantitative estimate of drug-likeness (QED) is 0.574. The largest absolute Gasteiger partial charge is 0.468 e. The third-order valence-electron chi connectivity index (χ3n) is 3.95. The average molecular weight is 376 g/mol. The zero-order valence-electron chi connectivity index (χ0n) is 14.1. The molecule has 3 rings (SSSR count). The highest BCUT2D eigenvalue weighted by Gasteiger charge is 2.26. The molecule has 4 nitrogen and oxygen atoms in total. The first-order valence-electron chi connectivity index (χ1n) is 8.22. The molecule has 3 aromatic rings. The van der Waals surface area contributed by atoms with Gasteiger partial charge in [0.15, 0.2) is 0 Å². The van der Waals surface area contributed by atoms with E-state index in [1.54, 1.807) is 41.9 Å². The van der Waals surface area contributed by atoms with E-state index >= 15 is 0 Å². The normalized spacial score (nSPS) is 11.9. The Morgan fingerprint density at radius 3 is 2.44 bits per heavy atom. The predicted octanol–water partition coefficient (Wildman–Crippen LogP) is 4.68. The maximum atomic E-state index is 13.1. The van der Waals surface area contributed by atoms with Crippen LogP contribution in [0.1, 0.15) is 30.2 Å². The molecule has 0 aliphatic carbocycles. The van der Waals surface area contributed by atoms with Crippen LogP contribution in [-0.4, -0.2) is 12.7 Å². The summed E-state index contributed by atoms with van der Waals surface area (Å²) < 4.78 is 33.1. The van der Waals surface area contributed by atoms with E-state index in [0.717, 1.165) is 24.0 Å². The van der Waals surface area contributed by atoms with Gasteiger partial charge in [-0.3, -0.25) is 0 Å². The summed E-state index contributed by atoms with van der Waals surface area (Å²) in [5.74, 6) is 0.626. The Hall–Kier alpha value is -1.89. The topological polar surface area (TPSA) is 50.5 Å². The van der Waals surface area contributed by atoms with Crippen LogP contribution < -0.4 is 0 Å². The van der Waals surface area contributed by atoms with Crippen LogP contribution in [0.2, 0.25) is 0 Å². The van der Waals surface area contributed by atoms with Gasteiger partial charge in [0.05, 0.1) is 17.7 Å². The first-order valence-corrected chi connectivity index (χ1v) is 10.6. The van der Waals surface area contributed by atoms with E-state index < -0.39 is 10.0 Å². The van der Waals surface area contributed by atoms with Gasteiger partial charge in [-0.15, -0.1) is 0 Å². The summed E-state index contributed by atoms with van der Waals surface area (Å²) in [6, 6.07) is 12.7. The maximum Gasteiger partial charge on any atom is 0.243 e. The predicted molar refractivity (Wildman–Crippen MR) is 99.9 cm³/mol. The number of thiophene rings is 1. The van der Waals surface area contributed by atoms with Crippen LogP contribution in [0.5, 0.6) is 0 Å². The maximum absolute atomic E-state index is 13.1. The molecule has 0 radical (unpaired) electrons. The lowest BCUT2D eigenvalue weighted by atomic mass is 10.1. The highest BCUT2D eigenvalue weighted by atomic mass is 32.2. The molecular formula is C19H21NO3S2. The van der Waals surface area contributed by atoms with E-state index in [9.17, 15) is 8.42 Å². The summed E-state index contributed by atoms with van der Waals surface area (Å²) >= 11 is 1.56. The summed E-state index contributed by atoms with van der Waals surface area (Å²) in [6.45, 7) is 2.64. The van der Waals surface area contributed by atoms with Crippen molar-refractivity contribution in [2.24, 2.45) is 0 Å². The lowest BCUT2D eigenvalue weighted by molar-refractivity contribution is 0.359. The fourth-order valence-corrected chi connectivity index (χ4v) is 4.71. The molecule has 0 fully saturated rings. The second kappa shape index (κ2) is 7.99. The number of rotatable bonds is 8. The zero-order valence-corrected chi connectivity index (χ0v) is 15.7. The molecule has 0 saturated carbocycles. The second-order valence-electron chi connectivity index (χ2n) is 5.88. The van der Waals surface area contributed by atoms with E-state index in [0.29, 0.717) is 17.2 Å². The number of hydrogen-bond acceptors (Lipinski definition) is 4. The molecule has 0 aliphatic rings. The van der Waals surface area contributed by atoms with Crippen molar-refractivity contribution in [1.82, 2.24) is 4.31 Å². The number of benzene rings is 1. The van der Waals surface area contributed by atoms with Crippen molar-refractivity contribution in [1.29, 1.82) is 0 Å². The van der Waals surface area contributed by atoms with Crippen LogP contribution in [0, 0.1) is 0 Å². The number of nitrogens with zero attached hydrogens (tertiary/aromatic N) is 1. The van der Waals surface area contributed by atoms with Gasteiger partial charge in [-0.2, -0.15) is 15.6 Å². The fourth-order valence-electron chi connectivity index (χ4n) is 2.65. The van der Waals surface area contributed by atoms with Crippen molar-refractivity contribution in [3.63, 3.8) is 0 Å². The third kappa shape index (κ3) is 4.39. The van der Waals surface area contributed by atoms with Crippen molar-refractivity contribution in [2.45, 2.75) is 37.8 Å². The molecule has 0 atom stereocenters. The van der Waals surface area contributed by atoms with Gasteiger partial charge in [0, 0.05) is 6.54 Å². The van der Waals surface area contributed by atoms with Gasteiger partial charge in [-0.25, -0.2) is 8.42 Å². The van der Waals surface area contributed by atoms with Gasteiger partial charge in [0.1, 0.15) is 5.76 Å². The Bertz CT molecular complexity index is 831. The Morgan fingerprint density at radius 1 is 1.04 bits per heavy atom. The monoisotopic (exact) mass is 375 g/mol. The molecule has 0 aliphatic heterocycles. The number of hydrogen-bond donors (Lipinski definition) is 0. The van der Waals surface area contributed by atoms with Gasteiger partial charge in [0.25, 0.3) is 0 Å². The molecule has 25 heavy (non-hydrogen) atoms. The van der Waals surface area contributed by atoms with Crippen molar-refractivity contribution >= 4 is 21.4 Å². The lowest BCUT2D eigenvalue weighted by Crippen LogP contribution is -2.30. The second-order valence-corrected chi connectivity index (χ2v) is 8.60. The zero-order chi connectivity index (χ0) is 17.7. The third-order valence-corrected chi connectivity index (χ3v) is 6.49. The van der Waals surface area contributed by atoms with Crippen molar-refractivity contribution < 1.29 is 12.8 Å². The molecule has 0 amide bonds. The van der Waals surface area contributed by atoms with E-state index in [1.807, 2.05) is 29.0 Å². The molecular weight excluding hydrogens is 354 g/mol. The molecule has 0 unspecified atom stereocenters. The molecule has 6 heteroatoms. The van der Waals surface area contributed by atoms with Crippen molar-refractivity contribution in [3.05, 3.63) is 76.4 Å². The summed E-state index contributed by atoms with van der Waals surface area (Å²) in [4.78, 5) is 0.314. The van der Waals surface area contributed by atoms with Gasteiger partial charge in [-0.05, 0) is 58.6 Å². The molecule has 1 aromatic carbocycles. The first kappa shape index (κ1) is 17.9. The standard InChI is InChI=1S/C19H21NO3S2/c1-2-4-16-6-8-19(9-7-16)25(21,22)20(13-17-10-12-24-15-17)14-18-5-3-11-23-18/h3,5-12,15H,2,4,13-14H2,1H3. The number of furan rings is 1. The highest BCUT2D eigenvalue weighted by molar-refractivity contribution is 7.89. The highest BCUT2D eigenvalue weighted by Crippen LogP contribution is 2.23. The molecule has 0 bridgehead atoms. The molecule has 0 saturated heterocycles. The smallest absolute Gasteiger partial charge is 0.243 e. The van der Waals surface area contributed by atoms with E-state index in [4.69, 9.17) is 4.42 Å². The van der Waals surface area contributed by atoms with Crippen molar-refractivity contribution in [3.8, 4) is 0 Å². The van der Waals surface area contributed by atoms with E-state index in [-0.39, 0.29) is 6.54 Å². The van der Waals surface area contributed by atoms with E-state index in [2.05, 4.69) is 6.92 Å². The minimum atomic E-state index is -3.61. The Kier molecular flexibility index (Phi) is 5.73. The summed E-state index contributed by atoms with van der Waals surface area (Å²) in [6.07, 6.45) is 3.55. The Balaban J connectivity index is 1.89. The average Bonchev–Trinajstić information content (AvgIpc) is 3.29. The summed E-state index contributed by atoms with van der Waals surface area (Å²) in [5.41, 5.74) is 2.12. The Labute approximate surface area is 152 Å². The molecule has 2 aromatic heterocycles. The summed E-state index contributed by atoms with van der Waals surface area (Å²) in [7, 11) is -3.61. The minimum absolute atomic E-state index is 0.210. The Morgan fingerprint density at radius 2 is 1.84 bits per heavy atom. The molecule has 0 N–H and O–H groups in total. The number of aryl methyl sites for hydroxylation is 1. The van der Waals surface area contributed by atoms with Gasteiger partial charge >= 0.3 is 0 Å². The van der Waals surface area contributed by atoms with Crippen LogP contribution in [0.4, 0.5) is 0 Å². The fraction of sp³-hybridized carbons (Fsp3) is 0.263. The van der Waals surface area contributed by atoms with E-state index in [1.165, 1.54) is 4.31 Å². The SMILES string of the molecule is CCCc1ccc(S(=O)(=O)N(Cc2ccsc2)Cc2ccco2)cc1. The summed E-state index contributed by atoms with van der Waals surface area (Å²) in [5, 5.41) is 3.92. The minimum Gasteiger partial charge on any atom is -0.468 e. The molecule has 2 heterocycles. The first-order chi connectivity index (χ1) is 12.1. The molecule has 132 valence electrons. The van der Waals surface area contributed by atoms with Crippen molar-refractivity contribution in [2.75, 3.05) is 0 Å². The number of sulfonamides is 1. The van der Waals surface area contributed by atoms with Crippen LogP contribution >= 0.6 is 11.3 Å². The molecule has 0 spiro atoms. The van der Waals surface area contributed by atoms with Gasteiger partial charge in [-0.1, -0.05) is 25.5 Å². The van der Waals surface area contributed by atoms with Crippen LogP contribution in [0.25, 0.3) is 0 Å². The van der Waals surface area contributed by atoms with Gasteiger partial charge < -0.3 is 4.42 Å². The van der Waals surface area contributed by atoms with Crippen LogP contribution in [0.15, 0.2) is 68.8 Å². The van der Waals surface area contributed by atoms with Gasteiger partial charge in [0.2, 0.25) is 10.0 Å². The van der Waals surface area contributed by atoms with Crippen LogP contribution in [0.3, 0.4) is 0 Å².